The molecule has 0 spiro atoms. The highest BCUT2D eigenvalue weighted by molar-refractivity contribution is 7.21. The third-order valence-electron chi connectivity index (χ3n) is 3.05. The SMILES string of the molecule is C=CC(C)NC(=O)c1sc2nnc(C)c(C)c2c1N. The van der Waals surface area contributed by atoms with E-state index in [0.717, 1.165) is 16.6 Å². The van der Waals surface area contributed by atoms with Gasteiger partial charge < -0.3 is 11.1 Å². The van der Waals surface area contributed by atoms with Crippen molar-refractivity contribution in [1.29, 1.82) is 0 Å². The normalized spacial score (nSPS) is 12.4. The second kappa shape index (κ2) is 4.97. The minimum atomic E-state index is -0.204. The second-order valence-electron chi connectivity index (χ2n) is 4.43. The van der Waals surface area contributed by atoms with Crippen molar-refractivity contribution in [2.45, 2.75) is 26.8 Å². The predicted molar refractivity (Wildman–Crippen MR) is 78.4 cm³/mol. The number of nitrogens with zero attached hydrogens (tertiary/aromatic N) is 2. The highest BCUT2D eigenvalue weighted by atomic mass is 32.1. The van der Waals surface area contributed by atoms with Crippen molar-refractivity contribution >= 4 is 33.1 Å². The topological polar surface area (TPSA) is 80.9 Å². The molecule has 0 radical (unpaired) electrons. The molecule has 1 unspecified atom stereocenters. The van der Waals surface area contributed by atoms with Gasteiger partial charge in [0.1, 0.15) is 9.71 Å². The second-order valence-corrected chi connectivity index (χ2v) is 5.43. The molecule has 19 heavy (non-hydrogen) atoms. The van der Waals surface area contributed by atoms with Crippen molar-refractivity contribution < 1.29 is 4.79 Å². The summed E-state index contributed by atoms with van der Waals surface area (Å²) in [6.45, 7) is 9.29. The zero-order chi connectivity index (χ0) is 14.2. The number of nitrogen functional groups attached to an aromatic ring is 1. The van der Waals surface area contributed by atoms with Crippen LogP contribution in [0.3, 0.4) is 0 Å². The van der Waals surface area contributed by atoms with E-state index in [9.17, 15) is 4.79 Å². The Morgan fingerprint density at radius 3 is 2.79 bits per heavy atom. The first-order valence-electron chi connectivity index (χ1n) is 5.91. The number of nitrogens with two attached hydrogens (primary N) is 1. The molecule has 0 fully saturated rings. The molecule has 100 valence electrons. The van der Waals surface area contributed by atoms with Crippen LogP contribution in [0.15, 0.2) is 12.7 Å². The van der Waals surface area contributed by atoms with Gasteiger partial charge in [-0.3, -0.25) is 4.79 Å². The van der Waals surface area contributed by atoms with E-state index in [4.69, 9.17) is 5.73 Å². The number of carbonyl (C=O) groups excluding carboxylic acids is 1. The summed E-state index contributed by atoms with van der Waals surface area (Å²) in [5.74, 6) is -0.204. The maximum atomic E-state index is 12.1. The number of fused-ring (bicyclic) bond motifs is 1. The van der Waals surface area contributed by atoms with Crippen molar-refractivity contribution in [3.8, 4) is 0 Å². The molecule has 0 aliphatic carbocycles. The summed E-state index contributed by atoms with van der Waals surface area (Å²) < 4.78 is 0. The first-order chi connectivity index (χ1) is 8.95. The predicted octanol–water partition coefficient (Wildman–Crippen LogP) is 2.19. The average molecular weight is 276 g/mol. The Labute approximate surface area is 115 Å². The smallest absolute Gasteiger partial charge is 0.264 e. The largest absolute Gasteiger partial charge is 0.397 e. The molecule has 0 aliphatic heterocycles. The number of aromatic nitrogens is 2. The maximum absolute atomic E-state index is 12.1. The average Bonchev–Trinajstić information content (AvgIpc) is 2.72. The van der Waals surface area contributed by atoms with Crippen LogP contribution >= 0.6 is 11.3 Å². The van der Waals surface area contributed by atoms with Crippen molar-refractivity contribution in [2.24, 2.45) is 0 Å². The van der Waals surface area contributed by atoms with Gasteiger partial charge >= 0.3 is 0 Å². The number of hydrogen-bond acceptors (Lipinski definition) is 5. The lowest BCUT2D eigenvalue weighted by atomic mass is 10.1. The summed E-state index contributed by atoms with van der Waals surface area (Å²) in [6, 6.07) is -0.106. The number of anilines is 1. The van der Waals surface area contributed by atoms with E-state index in [-0.39, 0.29) is 11.9 Å². The first kappa shape index (κ1) is 13.5. The van der Waals surface area contributed by atoms with Crippen LogP contribution in [0.4, 0.5) is 5.69 Å². The van der Waals surface area contributed by atoms with E-state index in [0.29, 0.717) is 15.4 Å². The quantitative estimate of drug-likeness (QED) is 0.842. The van der Waals surface area contributed by atoms with Crippen molar-refractivity contribution in [1.82, 2.24) is 15.5 Å². The molecule has 2 aromatic heterocycles. The molecule has 2 rings (SSSR count). The van der Waals surface area contributed by atoms with Gasteiger partial charge in [-0.15, -0.1) is 23.0 Å². The Kier molecular flexibility index (Phi) is 3.53. The van der Waals surface area contributed by atoms with E-state index >= 15 is 0 Å². The zero-order valence-corrected chi connectivity index (χ0v) is 12.0. The number of aryl methyl sites for hydroxylation is 2. The lowest BCUT2D eigenvalue weighted by Gasteiger charge is -2.08. The summed E-state index contributed by atoms with van der Waals surface area (Å²) in [7, 11) is 0. The number of hydrogen-bond donors (Lipinski definition) is 2. The van der Waals surface area contributed by atoms with E-state index in [2.05, 4.69) is 22.1 Å². The van der Waals surface area contributed by atoms with Crippen LogP contribution in [0.1, 0.15) is 27.9 Å². The van der Waals surface area contributed by atoms with Gasteiger partial charge in [0.15, 0.2) is 0 Å². The number of amides is 1. The summed E-state index contributed by atoms with van der Waals surface area (Å²) in [5.41, 5.74) is 8.35. The Morgan fingerprint density at radius 2 is 2.16 bits per heavy atom. The minimum absolute atomic E-state index is 0.106. The van der Waals surface area contributed by atoms with Gasteiger partial charge in [-0.2, -0.15) is 5.10 Å². The van der Waals surface area contributed by atoms with E-state index in [1.54, 1.807) is 6.08 Å². The Balaban J connectivity index is 2.51. The Morgan fingerprint density at radius 1 is 1.47 bits per heavy atom. The van der Waals surface area contributed by atoms with Crippen LogP contribution in [0.5, 0.6) is 0 Å². The number of carbonyl (C=O) groups is 1. The van der Waals surface area contributed by atoms with Crippen LogP contribution in [0.2, 0.25) is 0 Å². The molecule has 0 saturated carbocycles. The molecule has 5 nitrogen and oxygen atoms in total. The number of rotatable bonds is 3. The molecule has 1 amide bonds. The number of nitrogens with one attached hydrogen (secondary N) is 1. The van der Waals surface area contributed by atoms with Crippen molar-refractivity contribution in [2.75, 3.05) is 5.73 Å². The Bertz CT molecular complexity index is 662. The third-order valence-corrected chi connectivity index (χ3v) is 4.14. The lowest BCUT2D eigenvalue weighted by Crippen LogP contribution is -2.30. The minimum Gasteiger partial charge on any atom is -0.397 e. The molecule has 0 bridgehead atoms. The summed E-state index contributed by atoms with van der Waals surface area (Å²) in [6.07, 6.45) is 1.66. The van der Waals surface area contributed by atoms with Crippen LogP contribution in [-0.2, 0) is 0 Å². The van der Waals surface area contributed by atoms with Gasteiger partial charge in [0.05, 0.1) is 11.4 Å². The monoisotopic (exact) mass is 276 g/mol. The third kappa shape index (κ3) is 2.31. The van der Waals surface area contributed by atoms with Crippen LogP contribution in [-0.4, -0.2) is 22.1 Å². The van der Waals surface area contributed by atoms with Gasteiger partial charge in [-0.25, -0.2) is 0 Å². The van der Waals surface area contributed by atoms with Crippen molar-refractivity contribution in [3.63, 3.8) is 0 Å². The molecule has 0 saturated heterocycles. The number of thiophene rings is 1. The lowest BCUT2D eigenvalue weighted by molar-refractivity contribution is 0.0952. The van der Waals surface area contributed by atoms with Gasteiger partial charge in [-0.05, 0) is 26.3 Å². The summed E-state index contributed by atoms with van der Waals surface area (Å²) >= 11 is 1.26. The fourth-order valence-corrected chi connectivity index (χ4v) is 2.74. The molecular formula is C13H16N4OS. The maximum Gasteiger partial charge on any atom is 0.264 e. The first-order valence-corrected chi connectivity index (χ1v) is 6.72. The van der Waals surface area contributed by atoms with Gasteiger partial charge in [0.2, 0.25) is 0 Å². The van der Waals surface area contributed by atoms with Gasteiger partial charge in [-0.1, -0.05) is 6.08 Å². The van der Waals surface area contributed by atoms with E-state index in [1.807, 2.05) is 20.8 Å². The molecular weight excluding hydrogens is 260 g/mol. The summed E-state index contributed by atoms with van der Waals surface area (Å²) in [4.78, 5) is 13.3. The molecule has 1 atom stereocenters. The zero-order valence-electron chi connectivity index (χ0n) is 11.2. The van der Waals surface area contributed by atoms with Crippen LogP contribution < -0.4 is 11.1 Å². The molecule has 3 N–H and O–H groups in total. The van der Waals surface area contributed by atoms with Gasteiger partial charge in [0.25, 0.3) is 5.91 Å². The fourth-order valence-electron chi connectivity index (χ4n) is 1.74. The van der Waals surface area contributed by atoms with E-state index in [1.165, 1.54) is 11.3 Å². The van der Waals surface area contributed by atoms with Gasteiger partial charge in [0, 0.05) is 11.4 Å². The fraction of sp³-hybridized carbons (Fsp3) is 0.308. The standard InChI is InChI=1S/C13H16N4OS/c1-5-6(2)15-12(18)11-10(14)9-7(3)8(4)16-17-13(9)19-11/h5-6H,1,14H2,2-4H3,(H,15,18). The molecule has 0 aliphatic rings. The molecule has 2 aromatic rings. The van der Waals surface area contributed by atoms with Crippen molar-refractivity contribution in [3.05, 3.63) is 28.8 Å². The molecule has 0 aromatic carbocycles. The molecule has 2 heterocycles. The van der Waals surface area contributed by atoms with Crippen LogP contribution in [0.25, 0.3) is 10.2 Å². The Hall–Kier alpha value is -1.95. The van der Waals surface area contributed by atoms with Crippen LogP contribution in [0, 0.1) is 13.8 Å². The highest BCUT2D eigenvalue weighted by Crippen LogP contribution is 2.34. The highest BCUT2D eigenvalue weighted by Gasteiger charge is 2.20. The van der Waals surface area contributed by atoms with E-state index < -0.39 is 0 Å². The summed E-state index contributed by atoms with van der Waals surface area (Å²) in [5, 5.41) is 11.8. The molecule has 6 heteroatoms.